The van der Waals surface area contributed by atoms with Gasteiger partial charge in [-0.3, -0.25) is 14.5 Å². The maximum Gasteiger partial charge on any atom is 0.257 e. The minimum absolute atomic E-state index is 0.0529. The van der Waals surface area contributed by atoms with Gasteiger partial charge in [-0.1, -0.05) is 50.8 Å². The average Bonchev–Trinajstić information content (AvgIpc) is 3.01. The van der Waals surface area contributed by atoms with Crippen LogP contribution in [0.25, 0.3) is 0 Å². The second-order valence-electron chi connectivity index (χ2n) is 12.8. The summed E-state index contributed by atoms with van der Waals surface area (Å²) < 4.78 is 0. The third-order valence-electron chi connectivity index (χ3n) is 9.64. The molecule has 3 aliphatic heterocycles. The van der Waals surface area contributed by atoms with Gasteiger partial charge in [0.05, 0.1) is 11.3 Å². The molecular weight excluding hydrogens is 524 g/mol. The molecule has 0 bridgehead atoms. The Labute approximate surface area is 252 Å². The molecule has 42 heavy (non-hydrogen) atoms. The number of carbonyl (C=O) groups excluding carboxylic acids is 2. The van der Waals surface area contributed by atoms with E-state index in [4.69, 9.17) is 4.98 Å². The number of para-hydroxylation sites is 1. The molecule has 2 aromatic rings. The highest BCUT2D eigenvalue weighted by molar-refractivity contribution is 5.95. The fourth-order valence-electron chi connectivity index (χ4n) is 6.89. The van der Waals surface area contributed by atoms with Gasteiger partial charge in [-0.2, -0.15) is 0 Å². The fourth-order valence-corrected chi connectivity index (χ4v) is 6.89. The van der Waals surface area contributed by atoms with Gasteiger partial charge in [-0.05, 0) is 69.5 Å². The summed E-state index contributed by atoms with van der Waals surface area (Å²) in [6, 6.07) is 8.85. The average molecular weight is 575 g/mol. The lowest BCUT2D eigenvalue weighted by atomic mass is 9.99. The maximum absolute atomic E-state index is 13.6. The van der Waals surface area contributed by atoms with E-state index in [1.807, 2.05) is 22.8 Å². The Morgan fingerprint density at radius 1 is 0.833 bits per heavy atom. The number of fused-ring (bicyclic) bond motifs is 1. The van der Waals surface area contributed by atoms with E-state index in [1.54, 1.807) is 13.1 Å². The van der Waals surface area contributed by atoms with Crippen LogP contribution in [-0.4, -0.2) is 76.9 Å². The van der Waals surface area contributed by atoms with Gasteiger partial charge < -0.3 is 14.7 Å². The fraction of sp³-hybridized carbons (Fsp3) is 0.647. The van der Waals surface area contributed by atoms with Gasteiger partial charge in [-0.25, -0.2) is 9.97 Å². The normalized spacial score (nSPS) is 20.8. The predicted molar refractivity (Wildman–Crippen MR) is 169 cm³/mol. The van der Waals surface area contributed by atoms with Crippen LogP contribution >= 0.6 is 0 Å². The monoisotopic (exact) mass is 574 g/mol. The first-order valence-electron chi connectivity index (χ1n) is 16.4. The summed E-state index contributed by atoms with van der Waals surface area (Å²) >= 11 is 0. The molecule has 2 saturated heterocycles. The van der Waals surface area contributed by atoms with E-state index in [1.165, 1.54) is 37.7 Å². The van der Waals surface area contributed by atoms with Crippen LogP contribution in [-0.2, 0) is 11.3 Å². The Kier molecular flexibility index (Phi) is 10.5. The smallest absolute Gasteiger partial charge is 0.257 e. The second kappa shape index (κ2) is 14.5. The number of likely N-dealkylation sites (tertiary alicyclic amines) is 1. The molecule has 0 atom stereocenters. The summed E-state index contributed by atoms with van der Waals surface area (Å²) in [4.78, 5) is 44.4. The van der Waals surface area contributed by atoms with Gasteiger partial charge in [0, 0.05) is 64.1 Å². The summed E-state index contributed by atoms with van der Waals surface area (Å²) in [6.45, 7) is 12.1. The number of rotatable bonds is 3. The minimum atomic E-state index is 0.0529. The second-order valence-corrected chi connectivity index (χ2v) is 12.8. The first-order chi connectivity index (χ1) is 20.4. The van der Waals surface area contributed by atoms with Crippen LogP contribution < -0.4 is 9.80 Å². The Balaban J connectivity index is 1.25. The highest BCUT2D eigenvalue weighted by Crippen LogP contribution is 2.28. The summed E-state index contributed by atoms with van der Waals surface area (Å²) in [5.41, 5.74) is 3.68. The molecule has 3 aliphatic rings. The number of aryl methyl sites for hydroxylation is 1. The van der Waals surface area contributed by atoms with Crippen molar-refractivity contribution in [2.45, 2.75) is 97.6 Å². The van der Waals surface area contributed by atoms with Crippen molar-refractivity contribution in [1.82, 2.24) is 19.8 Å². The van der Waals surface area contributed by atoms with Gasteiger partial charge in [0.2, 0.25) is 11.9 Å². The SMILES string of the molecule is CC(=O)N1CCCCCCCCN(C2CCN(C(=O)c3cnc(N4CCC(C)CC4)nc3C)CC2)Cc2ccccc21. The van der Waals surface area contributed by atoms with Crippen LogP contribution in [0.2, 0.25) is 0 Å². The molecule has 5 rings (SSSR count). The van der Waals surface area contributed by atoms with Crippen LogP contribution in [0.3, 0.4) is 0 Å². The summed E-state index contributed by atoms with van der Waals surface area (Å²) in [7, 11) is 0. The van der Waals surface area contributed by atoms with Crippen molar-refractivity contribution in [2.24, 2.45) is 5.92 Å². The number of nitrogens with zero attached hydrogens (tertiary/aromatic N) is 6. The number of piperidine rings is 2. The van der Waals surface area contributed by atoms with E-state index < -0.39 is 0 Å². The van der Waals surface area contributed by atoms with Crippen LogP contribution in [0.5, 0.6) is 0 Å². The van der Waals surface area contributed by atoms with Crippen molar-refractivity contribution >= 4 is 23.5 Å². The van der Waals surface area contributed by atoms with Crippen molar-refractivity contribution in [2.75, 3.05) is 49.1 Å². The number of anilines is 2. The highest BCUT2D eigenvalue weighted by Gasteiger charge is 2.30. The van der Waals surface area contributed by atoms with E-state index in [0.29, 0.717) is 11.6 Å². The zero-order valence-electron chi connectivity index (χ0n) is 26.1. The van der Waals surface area contributed by atoms with Crippen molar-refractivity contribution in [1.29, 1.82) is 0 Å². The maximum atomic E-state index is 13.6. The minimum Gasteiger partial charge on any atom is -0.341 e. The first-order valence-corrected chi connectivity index (χ1v) is 16.4. The molecule has 0 unspecified atom stereocenters. The van der Waals surface area contributed by atoms with Gasteiger partial charge in [0.25, 0.3) is 5.91 Å². The molecule has 2 amide bonds. The van der Waals surface area contributed by atoms with Crippen LogP contribution in [0.1, 0.15) is 99.7 Å². The first kappa shape index (κ1) is 30.5. The van der Waals surface area contributed by atoms with Gasteiger partial charge in [-0.15, -0.1) is 0 Å². The summed E-state index contributed by atoms with van der Waals surface area (Å²) in [6.07, 6.45) is 13.1. The standard InChI is InChI=1S/C34H50N6O2/c1-26-14-20-38(21-15-26)34-35-24-31(27(2)36-34)33(42)37-22-16-30(17-23-37)39-18-10-6-4-5-7-11-19-40(28(3)41)32-13-9-8-12-29(32)25-39/h8-9,12-13,24,26,30H,4-7,10-11,14-23,25H2,1-3H3. The molecule has 8 heteroatoms. The van der Waals surface area contributed by atoms with E-state index in [0.717, 1.165) is 101 Å². The molecule has 4 heterocycles. The lowest BCUT2D eigenvalue weighted by Crippen LogP contribution is -2.47. The molecule has 2 fully saturated rings. The number of amides is 2. The molecule has 8 nitrogen and oxygen atoms in total. The summed E-state index contributed by atoms with van der Waals surface area (Å²) in [5, 5.41) is 0. The molecule has 1 aromatic heterocycles. The number of benzene rings is 1. The number of carbonyl (C=O) groups is 2. The third-order valence-corrected chi connectivity index (χ3v) is 9.64. The van der Waals surface area contributed by atoms with Crippen LogP contribution in [0.15, 0.2) is 30.5 Å². The zero-order valence-corrected chi connectivity index (χ0v) is 26.1. The molecule has 228 valence electrons. The lowest BCUT2D eigenvalue weighted by Gasteiger charge is -2.39. The highest BCUT2D eigenvalue weighted by atomic mass is 16.2. The van der Waals surface area contributed by atoms with Crippen molar-refractivity contribution in [3.8, 4) is 0 Å². The van der Waals surface area contributed by atoms with Crippen molar-refractivity contribution < 1.29 is 9.59 Å². The van der Waals surface area contributed by atoms with E-state index in [9.17, 15) is 9.59 Å². The van der Waals surface area contributed by atoms with Crippen molar-refractivity contribution in [3.63, 3.8) is 0 Å². The number of hydrogen-bond donors (Lipinski definition) is 0. The van der Waals surface area contributed by atoms with E-state index >= 15 is 0 Å². The van der Waals surface area contributed by atoms with Crippen molar-refractivity contribution in [3.05, 3.63) is 47.3 Å². The molecule has 0 saturated carbocycles. The molecule has 0 aliphatic carbocycles. The lowest BCUT2D eigenvalue weighted by molar-refractivity contribution is -0.116. The third kappa shape index (κ3) is 7.49. The molecular formula is C34H50N6O2. The van der Waals surface area contributed by atoms with E-state index in [-0.39, 0.29) is 11.8 Å². The number of hydrogen-bond acceptors (Lipinski definition) is 6. The molecule has 1 aromatic carbocycles. The number of aromatic nitrogens is 2. The largest absolute Gasteiger partial charge is 0.341 e. The predicted octanol–water partition coefficient (Wildman–Crippen LogP) is 5.84. The molecule has 0 spiro atoms. The molecule has 0 N–H and O–H groups in total. The Morgan fingerprint density at radius 3 is 2.19 bits per heavy atom. The quantitative estimate of drug-likeness (QED) is 0.459. The molecule has 0 radical (unpaired) electrons. The van der Waals surface area contributed by atoms with E-state index in [2.05, 4.69) is 39.9 Å². The summed E-state index contributed by atoms with van der Waals surface area (Å²) in [5.74, 6) is 1.68. The Bertz CT molecular complexity index is 1200. The van der Waals surface area contributed by atoms with Gasteiger partial charge >= 0.3 is 0 Å². The van der Waals surface area contributed by atoms with Gasteiger partial charge in [0.1, 0.15) is 0 Å². The Morgan fingerprint density at radius 2 is 1.50 bits per heavy atom. The van der Waals surface area contributed by atoms with Gasteiger partial charge in [0.15, 0.2) is 0 Å². The van der Waals surface area contributed by atoms with Crippen LogP contribution in [0, 0.1) is 12.8 Å². The van der Waals surface area contributed by atoms with Crippen LogP contribution in [0.4, 0.5) is 11.6 Å². The zero-order chi connectivity index (χ0) is 29.5. The topological polar surface area (TPSA) is 72.9 Å². The Hall–Kier alpha value is -3.00.